The Morgan fingerprint density at radius 1 is 1.38 bits per heavy atom. The summed E-state index contributed by atoms with van der Waals surface area (Å²) in [5.41, 5.74) is -0.716. The standard InChI is InChI=1S/C7H9O5.C2H3O2/c8-3-7(1-2-7)6(10)12-5-11-4-9;1-4-2-3/h8H,1-3,5H2;1H3. The van der Waals surface area contributed by atoms with Crippen LogP contribution in [-0.4, -0.2) is 44.5 Å². The van der Waals surface area contributed by atoms with Crippen LogP contribution in [0.4, 0.5) is 0 Å². The third-order valence-electron chi connectivity index (χ3n) is 1.98. The molecule has 1 aliphatic rings. The summed E-state index contributed by atoms with van der Waals surface area (Å²) in [6.45, 7) is 1.67. The normalized spacial score (nSPS) is 14.9. The van der Waals surface area contributed by atoms with E-state index in [2.05, 4.69) is 14.2 Å². The van der Waals surface area contributed by atoms with Gasteiger partial charge < -0.3 is 19.3 Å². The Morgan fingerprint density at radius 2 is 1.94 bits per heavy atom. The third kappa shape index (κ3) is 4.74. The molecule has 2 radical (unpaired) electrons. The summed E-state index contributed by atoms with van der Waals surface area (Å²) in [5, 5.41) is 8.76. The first-order chi connectivity index (χ1) is 7.66. The molecule has 1 aliphatic carbocycles. The van der Waals surface area contributed by atoms with Gasteiger partial charge in [-0.05, 0) is 12.8 Å². The fourth-order valence-electron chi connectivity index (χ4n) is 0.838. The number of methoxy groups -OCH3 is 1. The molecule has 0 amide bonds. The summed E-state index contributed by atoms with van der Waals surface area (Å²) >= 11 is 0. The van der Waals surface area contributed by atoms with Crippen LogP contribution in [0.1, 0.15) is 12.8 Å². The lowest BCUT2D eigenvalue weighted by atomic mass is 10.1. The highest BCUT2D eigenvalue weighted by molar-refractivity contribution is 5.79. The van der Waals surface area contributed by atoms with Gasteiger partial charge in [-0.25, -0.2) is 9.59 Å². The molecule has 0 aliphatic heterocycles. The van der Waals surface area contributed by atoms with Crippen molar-refractivity contribution in [3.8, 4) is 0 Å². The van der Waals surface area contributed by atoms with Gasteiger partial charge in [-0.3, -0.25) is 4.79 Å². The topological polar surface area (TPSA) is 99.1 Å². The zero-order valence-corrected chi connectivity index (χ0v) is 8.73. The van der Waals surface area contributed by atoms with Crippen molar-refractivity contribution >= 4 is 18.9 Å². The molecule has 1 saturated carbocycles. The molecular weight excluding hydrogens is 220 g/mol. The smallest absolute Gasteiger partial charge is 0.420 e. The predicted octanol–water partition coefficient (Wildman–Crippen LogP) is -0.957. The van der Waals surface area contributed by atoms with Gasteiger partial charge in [0.15, 0.2) is 0 Å². The first-order valence-electron chi connectivity index (χ1n) is 4.34. The minimum atomic E-state index is -0.716. The zero-order valence-electron chi connectivity index (χ0n) is 8.73. The quantitative estimate of drug-likeness (QED) is 0.358. The molecule has 0 unspecified atom stereocenters. The molecule has 1 N–H and O–H groups in total. The van der Waals surface area contributed by atoms with Crippen molar-refractivity contribution in [2.45, 2.75) is 12.8 Å². The number of hydrogen-bond donors (Lipinski definition) is 1. The average Bonchev–Trinajstić information content (AvgIpc) is 3.10. The second kappa shape index (κ2) is 7.63. The van der Waals surface area contributed by atoms with E-state index in [1.807, 2.05) is 0 Å². The van der Waals surface area contributed by atoms with Crippen LogP contribution in [0.3, 0.4) is 0 Å². The van der Waals surface area contributed by atoms with Crippen molar-refractivity contribution in [2.75, 3.05) is 20.5 Å². The van der Waals surface area contributed by atoms with Crippen LogP contribution in [-0.2, 0) is 28.6 Å². The third-order valence-corrected chi connectivity index (χ3v) is 1.98. The molecule has 7 nitrogen and oxygen atoms in total. The molecule has 0 aromatic heterocycles. The maximum atomic E-state index is 11.0. The number of rotatable bonds is 6. The molecule has 0 spiro atoms. The molecule has 0 bridgehead atoms. The van der Waals surface area contributed by atoms with Crippen molar-refractivity contribution < 1.29 is 33.7 Å². The van der Waals surface area contributed by atoms with Crippen LogP contribution in [0.25, 0.3) is 0 Å². The van der Waals surface area contributed by atoms with Gasteiger partial charge in [0, 0.05) is 0 Å². The lowest BCUT2D eigenvalue weighted by molar-refractivity contribution is -0.159. The minimum absolute atomic E-state index is 0.212. The van der Waals surface area contributed by atoms with Crippen LogP contribution >= 0.6 is 0 Å². The number of esters is 1. The number of carbonyl (C=O) groups excluding carboxylic acids is 3. The number of ether oxygens (including phenoxy) is 3. The van der Waals surface area contributed by atoms with Gasteiger partial charge in [0.05, 0.1) is 19.1 Å². The van der Waals surface area contributed by atoms with E-state index in [1.54, 1.807) is 0 Å². The van der Waals surface area contributed by atoms with Crippen LogP contribution < -0.4 is 0 Å². The van der Waals surface area contributed by atoms with Gasteiger partial charge in [0.2, 0.25) is 6.79 Å². The van der Waals surface area contributed by atoms with E-state index in [-0.39, 0.29) is 6.61 Å². The Morgan fingerprint density at radius 3 is 2.25 bits per heavy atom. The molecule has 16 heavy (non-hydrogen) atoms. The predicted molar refractivity (Wildman–Crippen MR) is 49.2 cm³/mol. The summed E-state index contributed by atoms with van der Waals surface area (Å²) in [4.78, 5) is 29.4. The fraction of sp³-hybridized carbons (Fsp3) is 0.667. The maximum absolute atomic E-state index is 11.0. The highest BCUT2D eigenvalue weighted by Crippen LogP contribution is 2.46. The van der Waals surface area contributed by atoms with Crippen LogP contribution in [0.2, 0.25) is 0 Å². The summed E-state index contributed by atoms with van der Waals surface area (Å²) in [5.74, 6) is -0.514. The molecule has 1 rings (SSSR count). The van der Waals surface area contributed by atoms with E-state index in [1.165, 1.54) is 13.6 Å². The van der Waals surface area contributed by atoms with Gasteiger partial charge >= 0.3 is 18.9 Å². The first kappa shape index (κ1) is 14.4. The molecule has 1 fully saturated rings. The molecule has 0 aromatic rings. The molecule has 0 aromatic carbocycles. The number of aliphatic hydroxyl groups is 1. The van der Waals surface area contributed by atoms with Gasteiger partial charge in [-0.2, -0.15) is 0 Å². The highest BCUT2D eigenvalue weighted by atomic mass is 16.7. The van der Waals surface area contributed by atoms with Crippen molar-refractivity contribution in [1.29, 1.82) is 0 Å². The lowest BCUT2D eigenvalue weighted by Crippen LogP contribution is -2.23. The van der Waals surface area contributed by atoms with Gasteiger partial charge in [0.1, 0.15) is 0 Å². The molecule has 0 atom stereocenters. The Labute approximate surface area is 92.3 Å². The SMILES string of the molecule is CO[C]=O.O=[C]OCOC(=O)C1(CO)CC1. The van der Waals surface area contributed by atoms with Crippen LogP contribution in [0, 0.1) is 5.41 Å². The van der Waals surface area contributed by atoms with Crippen molar-refractivity contribution in [3.05, 3.63) is 0 Å². The Balaban J connectivity index is 0.000000487. The second-order valence-electron chi connectivity index (χ2n) is 3.00. The van der Waals surface area contributed by atoms with E-state index in [0.717, 1.165) is 6.47 Å². The van der Waals surface area contributed by atoms with Crippen molar-refractivity contribution in [3.63, 3.8) is 0 Å². The van der Waals surface area contributed by atoms with E-state index in [9.17, 15) is 9.59 Å². The average molecular weight is 232 g/mol. The minimum Gasteiger partial charge on any atom is -0.461 e. The molecule has 90 valence electrons. The number of aliphatic hydroxyl groups excluding tert-OH is 1. The van der Waals surface area contributed by atoms with Gasteiger partial charge in [-0.15, -0.1) is 0 Å². The van der Waals surface area contributed by atoms with Crippen LogP contribution in [0.5, 0.6) is 0 Å². The largest absolute Gasteiger partial charge is 0.461 e. The summed E-state index contributed by atoms with van der Waals surface area (Å²) < 4.78 is 12.3. The lowest BCUT2D eigenvalue weighted by Gasteiger charge is -2.09. The summed E-state index contributed by atoms with van der Waals surface area (Å²) in [6.07, 6.45) is 1.26. The highest BCUT2D eigenvalue weighted by Gasteiger charge is 2.51. The van der Waals surface area contributed by atoms with E-state index in [4.69, 9.17) is 9.90 Å². The summed E-state index contributed by atoms with van der Waals surface area (Å²) in [6, 6.07) is 0. The second-order valence-corrected chi connectivity index (χ2v) is 3.00. The number of carbonyl (C=O) groups is 1. The molecular formula is C9H12O7. The fourth-order valence-corrected chi connectivity index (χ4v) is 0.838. The first-order valence-corrected chi connectivity index (χ1v) is 4.34. The number of hydrogen-bond acceptors (Lipinski definition) is 7. The van der Waals surface area contributed by atoms with Crippen molar-refractivity contribution in [2.24, 2.45) is 5.41 Å². The molecule has 7 heteroatoms. The molecule has 0 heterocycles. The van der Waals surface area contributed by atoms with E-state index >= 15 is 0 Å². The van der Waals surface area contributed by atoms with Gasteiger partial charge in [-0.1, -0.05) is 0 Å². The maximum Gasteiger partial charge on any atom is 0.420 e. The van der Waals surface area contributed by atoms with Crippen LogP contribution in [0.15, 0.2) is 0 Å². The Hall–Kier alpha value is -1.63. The van der Waals surface area contributed by atoms with Gasteiger partial charge in [0.25, 0.3) is 0 Å². The Kier molecular flexibility index (Phi) is 6.86. The molecule has 0 saturated heterocycles. The van der Waals surface area contributed by atoms with Crippen molar-refractivity contribution in [1.82, 2.24) is 0 Å². The zero-order chi connectivity index (χ0) is 12.4. The monoisotopic (exact) mass is 232 g/mol. The van der Waals surface area contributed by atoms with E-state index in [0.29, 0.717) is 12.8 Å². The Bertz CT molecular complexity index is 234. The van der Waals surface area contributed by atoms with E-state index < -0.39 is 18.2 Å². The summed E-state index contributed by atoms with van der Waals surface area (Å²) in [7, 11) is 1.26.